The molecular weight excluding hydrogens is 482 g/mol. The Labute approximate surface area is 201 Å². The molecule has 0 radical (unpaired) electrons. The molecule has 36 heavy (non-hydrogen) atoms. The Morgan fingerprint density at radius 3 is 2.72 bits per heavy atom. The standard InChI is InChI=1S/C24H19F4N5O3/c25-16-5-3-13(24(26,27)28)10-18(16)31-23-30-17-6-4-14(11-19(17)32-23)36-15-7-8-29-21(12-15)33-22(34)20-2-1-9-35-20/h3-8,10-12,20H,1-2,9H2,(H,29,33,34)(H2,30,31,32). The van der Waals surface area contributed by atoms with E-state index < -0.39 is 23.7 Å². The molecule has 3 heterocycles. The van der Waals surface area contributed by atoms with Gasteiger partial charge >= 0.3 is 6.18 Å². The number of hydrogen-bond acceptors (Lipinski definition) is 6. The van der Waals surface area contributed by atoms with E-state index in [1.54, 1.807) is 30.3 Å². The second kappa shape index (κ2) is 9.46. The summed E-state index contributed by atoms with van der Waals surface area (Å²) in [5.41, 5.74) is -0.364. The molecule has 2 aromatic heterocycles. The molecule has 1 aliphatic rings. The molecule has 1 fully saturated rings. The summed E-state index contributed by atoms with van der Waals surface area (Å²) in [6, 6.07) is 10.2. The van der Waals surface area contributed by atoms with Gasteiger partial charge in [-0.05, 0) is 49.2 Å². The number of rotatable bonds is 6. The zero-order chi connectivity index (χ0) is 25.3. The minimum Gasteiger partial charge on any atom is -0.457 e. The highest BCUT2D eigenvalue weighted by atomic mass is 19.4. The minimum atomic E-state index is -4.61. The van der Waals surface area contributed by atoms with Crippen LogP contribution in [0.3, 0.4) is 0 Å². The van der Waals surface area contributed by atoms with Crippen LogP contribution in [0.5, 0.6) is 11.5 Å². The Morgan fingerprint density at radius 1 is 1.11 bits per heavy atom. The Bertz CT molecular complexity index is 1420. The summed E-state index contributed by atoms with van der Waals surface area (Å²) in [4.78, 5) is 23.5. The van der Waals surface area contributed by atoms with Crippen LogP contribution in [0, 0.1) is 5.82 Å². The van der Waals surface area contributed by atoms with Crippen molar-refractivity contribution in [2.24, 2.45) is 0 Å². The Balaban J connectivity index is 1.31. The Morgan fingerprint density at radius 2 is 1.94 bits per heavy atom. The highest BCUT2D eigenvalue weighted by Gasteiger charge is 2.31. The molecule has 0 aliphatic carbocycles. The molecule has 4 aromatic rings. The number of halogens is 4. The van der Waals surface area contributed by atoms with E-state index in [0.717, 1.165) is 12.5 Å². The van der Waals surface area contributed by atoms with Crippen LogP contribution in [0.4, 0.5) is 35.0 Å². The van der Waals surface area contributed by atoms with Gasteiger partial charge in [0.2, 0.25) is 5.95 Å². The SMILES string of the molecule is O=C(Nc1cc(Oc2ccc3nc(Nc4cc(C(F)(F)F)ccc4F)[nH]c3c2)ccn1)C1CCCO1. The predicted octanol–water partition coefficient (Wildman–Crippen LogP) is 5.77. The highest BCUT2D eigenvalue weighted by molar-refractivity contribution is 5.93. The lowest BCUT2D eigenvalue weighted by molar-refractivity contribution is -0.137. The molecule has 1 saturated heterocycles. The number of anilines is 3. The molecule has 2 aromatic carbocycles. The summed E-state index contributed by atoms with van der Waals surface area (Å²) in [7, 11) is 0. The van der Waals surface area contributed by atoms with E-state index in [2.05, 4.69) is 25.6 Å². The van der Waals surface area contributed by atoms with Crippen LogP contribution in [0.2, 0.25) is 0 Å². The van der Waals surface area contributed by atoms with Crippen LogP contribution in [0.1, 0.15) is 18.4 Å². The third-order valence-electron chi connectivity index (χ3n) is 5.44. The molecule has 0 spiro atoms. The van der Waals surface area contributed by atoms with E-state index in [0.29, 0.717) is 53.5 Å². The van der Waals surface area contributed by atoms with Crippen molar-refractivity contribution >= 4 is 34.4 Å². The number of fused-ring (bicyclic) bond motifs is 1. The highest BCUT2D eigenvalue weighted by Crippen LogP contribution is 2.33. The van der Waals surface area contributed by atoms with Crippen molar-refractivity contribution in [3.05, 3.63) is 66.1 Å². The van der Waals surface area contributed by atoms with Gasteiger partial charge < -0.3 is 25.1 Å². The largest absolute Gasteiger partial charge is 0.457 e. The predicted molar refractivity (Wildman–Crippen MR) is 123 cm³/mol. The second-order valence-electron chi connectivity index (χ2n) is 8.05. The van der Waals surface area contributed by atoms with Gasteiger partial charge in [-0.3, -0.25) is 4.79 Å². The van der Waals surface area contributed by atoms with Gasteiger partial charge in [0, 0.05) is 24.9 Å². The van der Waals surface area contributed by atoms with Crippen LogP contribution in [-0.2, 0) is 15.7 Å². The fraction of sp³-hybridized carbons (Fsp3) is 0.208. The Kier molecular flexibility index (Phi) is 6.18. The normalized spacial score (nSPS) is 15.7. The third-order valence-corrected chi connectivity index (χ3v) is 5.44. The van der Waals surface area contributed by atoms with Crippen LogP contribution >= 0.6 is 0 Å². The molecule has 1 aliphatic heterocycles. The molecule has 3 N–H and O–H groups in total. The van der Waals surface area contributed by atoms with Crippen molar-refractivity contribution in [2.45, 2.75) is 25.1 Å². The van der Waals surface area contributed by atoms with Crippen LogP contribution in [0.25, 0.3) is 11.0 Å². The second-order valence-corrected chi connectivity index (χ2v) is 8.05. The number of nitrogens with zero attached hydrogens (tertiary/aromatic N) is 2. The number of aromatic nitrogens is 3. The summed E-state index contributed by atoms with van der Waals surface area (Å²) in [6.07, 6.45) is -2.13. The number of alkyl halides is 3. The molecule has 1 atom stereocenters. The molecule has 12 heteroatoms. The lowest BCUT2D eigenvalue weighted by Crippen LogP contribution is -2.27. The molecule has 8 nitrogen and oxygen atoms in total. The molecule has 5 rings (SSSR count). The van der Waals surface area contributed by atoms with Crippen molar-refractivity contribution in [3.8, 4) is 11.5 Å². The van der Waals surface area contributed by atoms with Gasteiger partial charge in [-0.15, -0.1) is 0 Å². The van der Waals surface area contributed by atoms with Crippen molar-refractivity contribution in [1.82, 2.24) is 15.0 Å². The van der Waals surface area contributed by atoms with Gasteiger partial charge in [0.15, 0.2) is 0 Å². The number of aromatic amines is 1. The average Bonchev–Trinajstić information content (AvgIpc) is 3.50. The lowest BCUT2D eigenvalue weighted by Gasteiger charge is -2.11. The monoisotopic (exact) mass is 501 g/mol. The summed E-state index contributed by atoms with van der Waals surface area (Å²) in [5, 5.41) is 5.25. The number of benzene rings is 2. The van der Waals surface area contributed by atoms with Crippen LogP contribution < -0.4 is 15.4 Å². The molecule has 1 unspecified atom stereocenters. The van der Waals surface area contributed by atoms with E-state index >= 15 is 0 Å². The number of carbonyl (C=O) groups is 1. The molecule has 0 bridgehead atoms. The van der Waals surface area contributed by atoms with Crippen molar-refractivity contribution < 1.29 is 31.8 Å². The number of H-pyrrole nitrogens is 1. The van der Waals surface area contributed by atoms with E-state index in [4.69, 9.17) is 9.47 Å². The van der Waals surface area contributed by atoms with E-state index in [-0.39, 0.29) is 17.5 Å². The first-order valence-electron chi connectivity index (χ1n) is 10.9. The summed E-state index contributed by atoms with van der Waals surface area (Å²) >= 11 is 0. The first kappa shape index (κ1) is 23.5. The number of imidazole rings is 1. The van der Waals surface area contributed by atoms with E-state index in [9.17, 15) is 22.4 Å². The molecule has 1 amide bonds. The summed E-state index contributed by atoms with van der Waals surface area (Å²) in [5.74, 6) is 0.0795. The fourth-order valence-corrected chi connectivity index (χ4v) is 3.71. The van der Waals surface area contributed by atoms with Gasteiger partial charge in [0.1, 0.15) is 29.2 Å². The number of ether oxygens (including phenoxy) is 2. The van der Waals surface area contributed by atoms with Gasteiger partial charge in [-0.25, -0.2) is 14.4 Å². The number of carbonyl (C=O) groups excluding carboxylic acids is 1. The van der Waals surface area contributed by atoms with E-state index in [1.165, 1.54) is 6.20 Å². The average molecular weight is 501 g/mol. The van der Waals surface area contributed by atoms with Crippen LogP contribution in [-0.4, -0.2) is 33.6 Å². The minimum absolute atomic E-state index is 0.0587. The maximum atomic E-state index is 14.1. The smallest absolute Gasteiger partial charge is 0.416 e. The van der Waals surface area contributed by atoms with Crippen molar-refractivity contribution in [1.29, 1.82) is 0 Å². The maximum Gasteiger partial charge on any atom is 0.416 e. The fourth-order valence-electron chi connectivity index (χ4n) is 3.71. The molecule has 0 saturated carbocycles. The molecular formula is C24H19F4N5O3. The number of nitrogens with one attached hydrogen (secondary N) is 3. The van der Waals surface area contributed by atoms with Crippen molar-refractivity contribution in [2.75, 3.05) is 17.2 Å². The number of hydrogen-bond donors (Lipinski definition) is 3. The summed E-state index contributed by atoms with van der Waals surface area (Å²) < 4.78 is 64.2. The zero-order valence-electron chi connectivity index (χ0n) is 18.5. The Hall–Kier alpha value is -4.19. The number of pyridine rings is 1. The van der Waals surface area contributed by atoms with Gasteiger partial charge in [-0.2, -0.15) is 13.2 Å². The van der Waals surface area contributed by atoms with Gasteiger partial charge in [-0.1, -0.05) is 0 Å². The van der Waals surface area contributed by atoms with Crippen LogP contribution in [0.15, 0.2) is 54.7 Å². The first-order valence-corrected chi connectivity index (χ1v) is 10.9. The lowest BCUT2D eigenvalue weighted by atomic mass is 10.2. The van der Waals surface area contributed by atoms with Gasteiger partial charge in [0.05, 0.1) is 22.3 Å². The molecule has 186 valence electrons. The van der Waals surface area contributed by atoms with Crippen molar-refractivity contribution in [3.63, 3.8) is 0 Å². The zero-order valence-corrected chi connectivity index (χ0v) is 18.5. The quantitative estimate of drug-likeness (QED) is 0.290. The van der Waals surface area contributed by atoms with E-state index in [1.807, 2.05) is 0 Å². The number of amides is 1. The third kappa shape index (κ3) is 5.23. The topological polar surface area (TPSA) is 101 Å². The first-order chi connectivity index (χ1) is 17.2. The van der Waals surface area contributed by atoms with Gasteiger partial charge in [0.25, 0.3) is 5.91 Å². The maximum absolute atomic E-state index is 14.1. The summed E-state index contributed by atoms with van der Waals surface area (Å²) in [6.45, 7) is 0.552.